The smallest absolute Gasteiger partial charge is 0.383 e. The van der Waals surface area contributed by atoms with Crippen LogP contribution >= 0.6 is 0 Å². The van der Waals surface area contributed by atoms with Gasteiger partial charge in [-0.2, -0.15) is 13.2 Å². The summed E-state index contributed by atoms with van der Waals surface area (Å²) in [5, 5.41) is 13.4. The van der Waals surface area contributed by atoms with Gasteiger partial charge in [-0.15, -0.1) is 0 Å². The Balaban J connectivity index is 2.60. The molecule has 8 heteroatoms. The van der Waals surface area contributed by atoms with Crippen LogP contribution in [-0.2, 0) is 11.3 Å². The number of anilines is 1. The summed E-state index contributed by atoms with van der Waals surface area (Å²) in [6, 6.07) is 4.33. The first kappa shape index (κ1) is 15.2. The largest absolute Gasteiger partial charge is 0.391 e. The van der Waals surface area contributed by atoms with Crippen molar-refractivity contribution in [3.8, 4) is 0 Å². The van der Waals surface area contributed by atoms with Crippen molar-refractivity contribution in [1.82, 2.24) is 0 Å². The molecule has 0 heterocycles. The Kier molecular flexibility index (Phi) is 5.11. The molecule has 19 heavy (non-hydrogen) atoms. The third kappa shape index (κ3) is 5.12. The lowest BCUT2D eigenvalue weighted by molar-refractivity contribution is -0.384. The summed E-state index contributed by atoms with van der Waals surface area (Å²) in [5.74, 6) is 0. The summed E-state index contributed by atoms with van der Waals surface area (Å²) < 4.78 is 40.5. The Bertz CT molecular complexity index is 449. The molecule has 0 radical (unpaired) electrons. The van der Waals surface area contributed by atoms with Gasteiger partial charge >= 0.3 is 6.18 Å². The highest BCUT2D eigenvalue weighted by Gasteiger charge is 2.26. The molecule has 0 unspecified atom stereocenters. The van der Waals surface area contributed by atoms with Gasteiger partial charge in [0.2, 0.25) is 0 Å². The molecule has 0 atom stereocenters. The van der Waals surface area contributed by atoms with Crippen LogP contribution in [0, 0.1) is 10.1 Å². The van der Waals surface area contributed by atoms with E-state index in [2.05, 4.69) is 5.32 Å². The van der Waals surface area contributed by atoms with Crippen LogP contribution < -0.4 is 5.32 Å². The maximum atomic E-state index is 11.9. The van der Waals surface area contributed by atoms with E-state index >= 15 is 0 Å². The zero-order valence-corrected chi connectivity index (χ0v) is 10.2. The maximum Gasteiger partial charge on any atom is 0.391 e. The lowest BCUT2D eigenvalue weighted by Gasteiger charge is -2.08. The maximum absolute atomic E-state index is 11.9. The van der Waals surface area contributed by atoms with Crippen LogP contribution in [0.25, 0.3) is 0 Å². The van der Waals surface area contributed by atoms with E-state index in [-0.39, 0.29) is 12.3 Å². The molecule has 106 valence electrons. The van der Waals surface area contributed by atoms with Gasteiger partial charge in [-0.05, 0) is 11.6 Å². The van der Waals surface area contributed by atoms with Crippen LogP contribution in [-0.4, -0.2) is 24.8 Å². The van der Waals surface area contributed by atoms with Gasteiger partial charge in [0.15, 0.2) is 0 Å². The molecule has 0 saturated heterocycles. The van der Waals surface area contributed by atoms with Crippen molar-refractivity contribution in [2.24, 2.45) is 0 Å². The summed E-state index contributed by atoms with van der Waals surface area (Å²) in [4.78, 5) is 10.2. The molecule has 0 bridgehead atoms. The highest BCUT2D eigenvalue weighted by Crippen LogP contribution is 2.25. The molecule has 0 aromatic heterocycles. The number of alkyl halides is 3. The summed E-state index contributed by atoms with van der Waals surface area (Å²) in [5.41, 5.74) is 0.649. The first-order valence-corrected chi connectivity index (χ1v) is 5.43. The number of benzene rings is 1. The van der Waals surface area contributed by atoms with E-state index in [4.69, 9.17) is 4.74 Å². The quantitative estimate of drug-likeness (QED) is 0.493. The van der Waals surface area contributed by atoms with E-state index in [1.54, 1.807) is 13.1 Å². The summed E-state index contributed by atoms with van der Waals surface area (Å²) in [6.45, 7) is -0.564. The third-order valence-electron chi connectivity index (χ3n) is 2.33. The molecule has 0 fully saturated rings. The van der Waals surface area contributed by atoms with E-state index in [1.807, 2.05) is 0 Å². The standard InChI is InChI=1S/C11H13F3N2O3/c1-15-9-3-2-8(6-10(9)16(17)18)7-19-5-4-11(12,13)14/h2-3,6,15H,4-5,7H2,1H3. The van der Waals surface area contributed by atoms with Crippen molar-refractivity contribution in [3.05, 3.63) is 33.9 Å². The Hall–Kier alpha value is -1.83. The first-order valence-electron chi connectivity index (χ1n) is 5.43. The van der Waals surface area contributed by atoms with Crippen LogP contribution in [0.2, 0.25) is 0 Å². The second-order valence-corrected chi connectivity index (χ2v) is 3.78. The number of nitrogens with zero attached hydrogens (tertiary/aromatic N) is 1. The van der Waals surface area contributed by atoms with Gasteiger partial charge in [-0.1, -0.05) is 6.07 Å². The second kappa shape index (κ2) is 6.37. The highest BCUT2D eigenvalue weighted by molar-refractivity contribution is 5.62. The molecule has 0 spiro atoms. The van der Waals surface area contributed by atoms with Crippen molar-refractivity contribution in [2.75, 3.05) is 19.0 Å². The molecule has 0 aliphatic rings. The van der Waals surface area contributed by atoms with Gasteiger partial charge < -0.3 is 10.1 Å². The third-order valence-corrected chi connectivity index (χ3v) is 2.33. The molecule has 1 N–H and O–H groups in total. The number of nitro benzene ring substituents is 1. The molecule has 0 aliphatic heterocycles. The lowest BCUT2D eigenvalue weighted by Crippen LogP contribution is -2.11. The Morgan fingerprint density at radius 3 is 2.63 bits per heavy atom. The molecule has 1 rings (SSSR count). The van der Waals surface area contributed by atoms with Crippen LogP contribution in [0.4, 0.5) is 24.5 Å². The van der Waals surface area contributed by atoms with E-state index in [9.17, 15) is 23.3 Å². The number of nitro groups is 1. The van der Waals surface area contributed by atoms with Crippen LogP contribution in [0.1, 0.15) is 12.0 Å². The van der Waals surface area contributed by atoms with Crippen LogP contribution in [0.15, 0.2) is 18.2 Å². The summed E-state index contributed by atoms with van der Waals surface area (Å²) >= 11 is 0. The number of ether oxygens (including phenoxy) is 1. The monoisotopic (exact) mass is 278 g/mol. The second-order valence-electron chi connectivity index (χ2n) is 3.78. The molecule has 0 amide bonds. The van der Waals surface area contributed by atoms with Gasteiger partial charge in [0, 0.05) is 13.1 Å². The van der Waals surface area contributed by atoms with Gasteiger partial charge in [0.05, 0.1) is 24.6 Å². The van der Waals surface area contributed by atoms with Crippen molar-refractivity contribution in [2.45, 2.75) is 19.2 Å². The Morgan fingerprint density at radius 2 is 2.11 bits per heavy atom. The first-order chi connectivity index (χ1) is 8.83. The molecular weight excluding hydrogens is 265 g/mol. The summed E-state index contributed by atoms with van der Waals surface area (Å²) in [6.07, 6.45) is -5.30. The van der Waals surface area contributed by atoms with Crippen molar-refractivity contribution >= 4 is 11.4 Å². The lowest BCUT2D eigenvalue weighted by atomic mass is 10.2. The minimum absolute atomic E-state index is 0.0963. The number of halogens is 3. The molecule has 0 aliphatic carbocycles. The van der Waals surface area contributed by atoms with Crippen LogP contribution in [0.5, 0.6) is 0 Å². The zero-order valence-electron chi connectivity index (χ0n) is 10.2. The van der Waals surface area contributed by atoms with Crippen molar-refractivity contribution in [1.29, 1.82) is 0 Å². The Morgan fingerprint density at radius 1 is 1.42 bits per heavy atom. The van der Waals surface area contributed by atoms with E-state index in [1.165, 1.54) is 12.1 Å². The topological polar surface area (TPSA) is 64.4 Å². The highest BCUT2D eigenvalue weighted by atomic mass is 19.4. The van der Waals surface area contributed by atoms with Crippen molar-refractivity contribution in [3.63, 3.8) is 0 Å². The fourth-order valence-corrected chi connectivity index (χ4v) is 1.41. The van der Waals surface area contributed by atoms with Crippen molar-refractivity contribution < 1.29 is 22.8 Å². The average molecular weight is 278 g/mol. The molecule has 1 aromatic rings. The minimum Gasteiger partial charge on any atom is -0.383 e. The number of hydrogen-bond acceptors (Lipinski definition) is 4. The molecule has 1 aromatic carbocycles. The predicted octanol–water partition coefficient (Wildman–Crippen LogP) is 3.11. The zero-order chi connectivity index (χ0) is 14.5. The van der Waals surface area contributed by atoms with E-state index < -0.39 is 24.1 Å². The SMILES string of the molecule is CNc1ccc(COCCC(F)(F)F)cc1[N+](=O)[O-]. The number of rotatable bonds is 6. The molecular formula is C11H13F3N2O3. The predicted molar refractivity (Wildman–Crippen MR) is 63.0 cm³/mol. The molecule has 5 nitrogen and oxygen atoms in total. The van der Waals surface area contributed by atoms with Gasteiger partial charge in [-0.25, -0.2) is 0 Å². The average Bonchev–Trinajstić information content (AvgIpc) is 2.33. The van der Waals surface area contributed by atoms with Crippen LogP contribution in [0.3, 0.4) is 0 Å². The fourth-order valence-electron chi connectivity index (χ4n) is 1.41. The fraction of sp³-hybridized carbons (Fsp3) is 0.455. The molecule has 0 saturated carbocycles. The minimum atomic E-state index is -4.26. The van der Waals surface area contributed by atoms with E-state index in [0.29, 0.717) is 11.3 Å². The number of nitrogens with one attached hydrogen (secondary N) is 1. The van der Waals surface area contributed by atoms with E-state index in [0.717, 1.165) is 0 Å². The normalized spacial score (nSPS) is 11.4. The van der Waals surface area contributed by atoms with Gasteiger partial charge in [0.1, 0.15) is 5.69 Å². The Labute approximate surface area is 107 Å². The summed E-state index contributed by atoms with van der Waals surface area (Å²) in [7, 11) is 1.54. The number of hydrogen-bond donors (Lipinski definition) is 1. The van der Waals surface area contributed by atoms with Gasteiger partial charge in [-0.3, -0.25) is 10.1 Å². The van der Waals surface area contributed by atoms with Gasteiger partial charge in [0.25, 0.3) is 5.69 Å².